The van der Waals surface area contributed by atoms with Crippen LogP contribution in [-0.2, 0) is 0 Å². The van der Waals surface area contributed by atoms with Crippen LogP contribution in [-0.4, -0.2) is 11.9 Å². The van der Waals surface area contributed by atoms with Crippen LogP contribution in [0.15, 0.2) is 24.3 Å². The Morgan fingerprint density at radius 3 is 2.82 bits per heavy atom. The van der Waals surface area contributed by atoms with Crippen molar-refractivity contribution in [2.45, 2.75) is 0 Å². The van der Waals surface area contributed by atoms with Crippen molar-refractivity contribution in [3.8, 4) is 11.8 Å². The minimum atomic E-state index is -0.404. The van der Waals surface area contributed by atoms with Crippen molar-refractivity contribution in [3.63, 3.8) is 0 Å². The maximum Gasteiger partial charge on any atom is 0.186 e. The lowest BCUT2D eigenvalue weighted by Crippen LogP contribution is -1.96. The first-order valence-electron chi connectivity index (χ1n) is 3.11. The maximum absolute atomic E-state index is 8.53. The van der Waals surface area contributed by atoms with E-state index in [1.807, 2.05) is 6.07 Å². The van der Waals surface area contributed by atoms with Gasteiger partial charge in [0.05, 0.1) is 5.56 Å². The number of para-hydroxylation sites is 1. The lowest BCUT2D eigenvalue weighted by molar-refractivity contribution is 0.0982. The van der Waals surface area contributed by atoms with E-state index in [9.17, 15) is 0 Å². The van der Waals surface area contributed by atoms with Crippen LogP contribution in [0.2, 0.25) is 0 Å². The van der Waals surface area contributed by atoms with Crippen molar-refractivity contribution < 1.29 is 9.84 Å². The lowest BCUT2D eigenvalue weighted by Gasteiger charge is -2.01. The first-order chi connectivity index (χ1) is 5.38. The molecule has 1 rings (SSSR count). The van der Waals surface area contributed by atoms with Gasteiger partial charge in [0.1, 0.15) is 11.8 Å². The third-order valence-electron chi connectivity index (χ3n) is 1.23. The van der Waals surface area contributed by atoms with E-state index in [0.29, 0.717) is 11.3 Å². The summed E-state index contributed by atoms with van der Waals surface area (Å²) in [5.41, 5.74) is 0.432. The van der Waals surface area contributed by atoms with Gasteiger partial charge in [-0.05, 0) is 12.1 Å². The minimum Gasteiger partial charge on any atom is -0.466 e. The van der Waals surface area contributed by atoms with Gasteiger partial charge in [0.25, 0.3) is 0 Å². The first kappa shape index (κ1) is 7.58. The molecule has 0 aliphatic heterocycles. The van der Waals surface area contributed by atoms with Crippen LogP contribution in [0.3, 0.4) is 0 Å². The summed E-state index contributed by atoms with van der Waals surface area (Å²) in [5, 5.41) is 16.9. The van der Waals surface area contributed by atoms with Crippen LogP contribution in [0.25, 0.3) is 0 Å². The molecule has 1 N–H and O–H groups in total. The Balaban J connectivity index is 2.95. The summed E-state index contributed by atoms with van der Waals surface area (Å²) in [6, 6.07) is 8.69. The molecule has 3 nitrogen and oxygen atoms in total. The summed E-state index contributed by atoms with van der Waals surface area (Å²) in [4.78, 5) is 0. The number of hydrogen-bond donors (Lipinski definition) is 1. The Morgan fingerprint density at radius 2 is 2.18 bits per heavy atom. The zero-order valence-electron chi connectivity index (χ0n) is 5.82. The van der Waals surface area contributed by atoms with Crippen molar-refractivity contribution in [1.29, 1.82) is 5.26 Å². The number of benzene rings is 1. The van der Waals surface area contributed by atoms with Crippen molar-refractivity contribution in [2.75, 3.05) is 6.79 Å². The molecule has 0 atom stereocenters. The van der Waals surface area contributed by atoms with Crippen LogP contribution in [0.1, 0.15) is 5.56 Å². The molecular weight excluding hydrogens is 142 g/mol. The molecule has 0 bridgehead atoms. The number of ether oxygens (including phenoxy) is 1. The molecule has 0 heterocycles. The number of aliphatic hydroxyl groups is 1. The SMILES string of the molecule is N#Cc1ccccc1OCO. The predicted molar refractivity (Wildman–Crippen MR) is 38.9 cm³/mol. The highest BCUT2D eigenvalue weighted by Crippen LogP contribution is 2.15. The van der Waals surface area contributed by atoms with Crippen LogP contribution < -0.4 is 4.74 Å². The molecule has 0 spiro atoms. The summed E-state index contributed by atoms with van der Waals surface area (Å²) in [5.74, 6) is 0.414. The average molecular weight is 149 g/mol. The second-order valence-corrected chi connectivity index (χ2v) is 1.88. The highest BCUT2D eigenvalue weighted by atomic mass is 16.6. The average Bonchev–Trinajstić information content (AvgIpc) is 2.06. The first-order valence-corrected chi connectivity index (χ1v) is 3.11. The number of nitrogens with zero attached hydrogens (tertiary/aromatic N) is 1. The maximum atomic E-state index is 8.53. The second kappa shape index (κ2) is 3.59. The van der Waals surface area contributed by atoms with Crippen molar-refractivity contribution in [1.82, 2.24) is 0 Å². The summed E-state index contributed by atoms with van der Waals surface area (Å²) in [7, 11) is 0. The van der Waals surface area contributed by atoms with Crippen LogP contribution in [0, 0.1) is 11.3 Å². The fourth-order valence-corrected chi connectivity index (χ4v) is 0.754. The van der Waals surface area contributed by atoms with Gasteiger partial charge in [0, 0.05) is 0 Å². The molecular formula is C8H7NO2. The molecule has 0 aromatic heterocycles. The number of rotatable bonds is 2. The molecule has 0 saturated carbocycles. The molecule has 0 aliphatic rings. The van der Waals surface area contributed by atoms with Gasteiger partial charge >= 0.3 is 0 Å². The minimum absolute atomic E-state index is 0.404. The van der Waals surface area contributed by atoms with Crippen molar-refractivity contribution in [3.05, 3.63) is 29.8 Å². The topological polar surface area (TPSA) is 53.2 Å². The molecule has 11 heavy (non-hydrogen) atoms. The molecule has 56 valence electrons. The third kappa shape index (κ3) is 1.69. The molecule has 3 heteroatoms. The monoisotopic (exact) mass is 149 g/mol. The van der Waals surface area contributed by atoms with Gasteiger partial charge in [0.15, 0.2) is 6.79 Å². The molecule has 0 fully saturated rings. The Hall–Kier alpha value is -1.53. The fraction of sp³-hybridized carbons (Fsp3) is 0.125. The summed E-state index contributed by atoms with van der Waals surface area (Å²) < 4.78 is 4.76. The summed E-state index contributed by atoms with van der Waals surface area (Å²) >= 11 is 0. The number of nitriles is 1. The van der Waals surface area contributed by atoms with Gasteiger partial charge in [-0.2, -0.15) is 5.26 Å². The Kier molecular flexibility index (Phi) is 2.47. The molecule has 0 saturated heterocycles. The molecule has 0 aliphatic carbocycles. The van der Waals surface area contributed by atoms with E-state index in [0.717, 1.165) is 0 Å². The quantitative estimate of drug-likeness (QED) is 0.635. The van der Waals surface area contributed by atoms with E-state index in [1.165, 1.54) is 0 Å². The van der Waals surface area contributed by atoms with E-state index in [1.54, 1.807) is 24.3 Å². The number of hydrogen-bond acceptors (Lipinski definition) is 3. The highest BCUT2D eigenvalue weighted by Gasteiger charge is 1.98. The van der Waals surface area contributed by atoms with Crippen LogP contribution in [0.4, 0.5) is 0 Å². The van der Waals surface area contributed by atoms with Crippen LogP contribution >= 0.6 is 0 Å². The van der Waals surface area contributed by atoms with Crippen molar-refractivity contribution in [2.24, 2.45) is 0 Å². The van der Waals surface area contributed by atoms with Crippen LogP contribution in [0.5, 0.6) is 5.75 Å². The van der Waals surface area contributed by atoms with E-state index < -0.39 is 6.79 Å². The largest absolute Gasteiger partial charge is 0.466 e. The molecule has 1 aromatic rings. The summed E-state index contributed by atoms with van der Waals surface area (Å²) in [6.45, 7) is -0.404. The van der Waals surface area contributed by atoms with Gasteiger partial charge in [-0.25, -0.2) is 0 Å². The van der Waals surface area contributed by atoms with E-state index >= 15 is 0 Å². The van der Waals surface area contributed by atoms with Gasteiger partial charge < -0.3 is 9.84 Å². The van der Waals surface area contributed by atoms with Gasteiger partial charge in [0.2, 0.25) is 0 Å². The Labute approximate surface area is 64.5 Å². The summed E-state index contributed by atoms with van der Waals surface area (Å²) in [6.07, 6.45) is 0. The zero-order valence-corrected chi connectivity index (χ0v) is 5.82. The molecule has 1 aromatic carbocycles. The molecule has 0 unspecified atom stereocenters. The van der Waals surface area contributed by atoms with E-state index in [4.69, 9.17) is 15.1 Å². The lowest BCUT2D eigenvalue weighted by atomic mass is 10.2. The van der Waals surface area contributed by atoms with Gasteiger partial charge in [-0.15, -0.1) is 0 Å². The second-order valence-electron chi connectivity index (χ2n) is 1.88. The standard InChI is InChI=1S/C8H7NO2/c9-5-7-3-1-2-4-8(7)11-6-10/h1-4,10H,6H2. The Morgan fingerprint density at radius 1 is 1.45 bits per heavy atom. The fourth-order valence-electron chi connectivity index (χ4n) is 0.754. The normalized spacial score (nSPS) is 8.73. The molecule has 0 amide bonds. The highest BCUT2D eigenvalue weighted by molar-refractivity contribution is 5.42. The Bertz CT molecular complexity index is 278. The van der Waals surface area contributed by atoms with Gasteiger partial charge in [-0.1, -0.05) is 12.1 Å². The third-order valence-corrected chi connectivity index (χ3v) is 1.23. The number of aliphatic hydroxyl groups excluding tert-OH is 1. The predicted octanol–water partition coefficient (Wildman–Crippen LogP) is 0.887. The van der Waals surface area contributed by atoms with E-state index in [2.05, 4.69) is 0 Å². The van der Waals surface area contributed by atoms with E-state index in [-0.39, 0.29) is 0 Å². The zero-order chi connectivity index (χ0) is 8.10. The van der Waals surface area contributed by atoms with Crippen molar-refractivity contribution >= 4 is 0 Å². The molecule has 0 radical (unpaired) electrons. The smallest absolute Gasteiger partial charge is 0.186 e. The van der Waals surface area contributed by atoms with Gasteiger partial charge in [-0.3, -0.25) is 0 Å².